The summed E-state index contributed by atoms with van der Waals surface area (Å²) in [5.41, 5.74) is 1.57. The number of aryl methyl sites for hydroxylation is 2. The SMILES string of the molecule is N#Cc1ccc(NC(=O)c2cc3c(s2)CCC3)c(F)c1. The van der Waals surface area contributed by atoms with E-state index in [2.05, 4.69) is 5.32 Å². The molecule has 1 amide bonds. The molecule has 3 nitrogen and oxygen atoms in total. The average Bonchev–Trinajstić information content (AvgIpc) is 3.01. The Morgan fingerprint density at radius 3 is 2.90 bits per heavy atom. The zero-order valence-electron chi connectivity index (χ0n) is 10.6. The van der Waals surface area contributed by atoms with Gasteiger partial charge in [0.15, 0.2) is 0 Å². The first-order chi connectivity index (χ1) is 9.67. The Kier molecular flexibility index (Phi) is 3.25. The Balaban J connectivity index is 1.80. The summed E-state index contributed by atoms with van der Waals surface area (Å²) in [5, 5.41) is 11.2. The van der Waals surface area contributed by atoms with Crippen LogP contribution < -0.4 is 5.32 Å². The molecule has 1 aromatic heterocycles. The Hall–Kier alpha value is -2.19. The summed E-state index contributed by atoms with van der Waals surface area (Å²) < 4.78 is 13.7. The zero-order valence-corrected chi connectivity index (χ0v) is 11.4. The molecule has 100 valence electrons. The Morgan fingerprint density at radius 2 is 2.20 bits per heavy atom. The number of rotatable bonds is 2. The lowest BCUT2D eigenvalue weighted by Gasteiger charge is -2.05. The predicted molar refractivity (Wildman–Crippen MR) is 75.4 cm³/mol. The first-order valence-electron chi connectivity index (χ1n) is 6.30. The molecular weight excluding hydrogens is 275 g/mol. The number of carbonyl (C=O) groups is 1. The maximum Gasteiger partial charge on any atom is 0.265 e. The molecule has 1 aliphatic carbocycles. The van der Waals surface area contributed by atoms with E-state index in [9.17, 15) is 9.18 Å². The molecule has 1 heterocycles. The van der Waals surface area contributed by atoms with Crippen LogP contribution in [0.15, 0.2) is 24.3 Å². The minimum atomic E-state index is -0.596. The van der Waals surface area contributed by atoms with E-state index in [0.717, 1.165) is 25.3 Å². The summed E-state index contributed by atoms with van der Waals surface area (Å²) >= 11 is 1.48. The van der Waals surface area contributed by atoms with Gasteiger partial charge in [-0.15, -0.1) is 11.3 Å². The number of nitrogens with one attached hydrogen (secondary N) is 1. The summed E-state index contributed by atoms with van der Waals surface area (Å²) in [4.78, 5) is 14.0. The predicted octanol–water partition coefficient (Wildman–Crippen LogP) is 3.50. The summed E-state index contributed by atoms with van der Waals surface area (Å²) in [6, 6.07) is 7.75. The molecule has 20 heavy (non-hydrogen) atoms. The van der Waals surface area contributed by atoms with Crippen LogP contribution in [0.25, 0.3) is 0 Å². The number of halogens is 1. The highest BCUT2D eigenvalue weighted by molar-refractivity contribution is 7.14. The van der Waals surface area contributed by atoms with Gasteiger partial charge in [0.05, 0.1) is 22.2 Å². The van der Waals surface area contributed by atoms with E-state index in [1.165, 1.54) is 33.9 Å². The first-order valence-corrected chi connectivity index (χ1v) is 7.11. The topological polar surface area (TPSA) is 52.9 Å². The molecule has 0 unspecified atom stereocenters. The van der Waals surface area contributed by atoms with Crippen molar-refractivity contribution in [2.75, 3.05) is 5.32 Å². The van der Waals surface area contributed by atoms with Gasteiger partial charge in [0.25, 0.3) is 5.91 Å². The van der Waals surface area contributed by atoms with Crippen LogP contribution in [-0.2, 0) is 12.8 Å². The highest BCUT2D eigenvalue weighted by atomic mass is 32.1. The quantitative estimate of drug-likeness (QED) is 0.918. The summed E-state index contributed by atoms with van der Waals surface area (Å²) in [6.07, 6.45) is 3.19. The van der Waals surface area contributed by atoms with Crippen LogP contribution in [0.2, 0.25) is 0 Å². The van der Waals surface area contributed by atoms with Crippen molar-refractivity contribution in [1.82, 2.24) is 0 Å². The molecular formula is C15H11FN2OS. The Morgan fingerprint density at radius 1 is 1.35 bits per heavy atom. The van der Waals surface area contributed by atoms with Crippen molar-refractivity contribution in [3.8, 4) is 6.07 Å². The normalized spacial score (nSPS) is 12.8. The van der Waals surface area contributed by atoms with Crippen molar-refractivity contribution in [2.45, 2.75) is 19.3 Å². The van der Waals surface area contributed by atoms with Crippen LogP contribution >= 0.6 is 11.3 Å². The van der Waals surface area contributed by atoms with Gasteiger partial charge in [-0.3, -0.25) is 4.79 Å². The molecule has 1 aromatic carbocycles. The molecule has 1 N–H and O–H groups in total. The number of nitriles is 1. The number of hydrogen-bond donors (Lipinski definition) is 1. The van der Waals surface area contributed by atoms with Crippen LogP contribution in [0.1, 0.15) is 32.1 Å². The minimum absolute atomic E-state index is 0.0996. The fraction of sp³-hybridized carbons (Fsp3) is 0.200. The molecule has 2 aromatic rings. The van der Waals surface area contributed by atoms with E-state index >= 15 is 0 Å². The van der Waals surface area contributed by atoms with Crippen LogP contribution in [-0.4, -0.2) is 5.91 Å². The minimum Gasteiger partial charge on any atom is -0.319 e. The van der Waals surface area contributed by atoms with Crippen LogP contribution in [0.3, 0.4) is 0 Å². The Labute approximate surface area is 119 Å². The van der Waals surface area contributed by atoms with Gasteiger partial charge in [-0.1, -0.05) is 0 Å². The van der Waals surface area contributed by atoms with Gasteiger partial charge in [0, 0.05) is 4.88 Å². The first kappa shape index (κ1) is 12.8. The second-order valence-electron chi connectivity index (χ2n) is 4.67. The van der Waals surface area contributed by atoms with Gasteiger partial charge in [-0.05, 0) is 49.1 Å². The highest BCUT2D eigenvalue weighted by Crippen LogP contribution is 2.31. The fourth-order valence-corrected chi connectivity index (χ4v) is 3.46. The molecule has 3 rings (SSSR count). The third kappa shape index (κ3) is 2.30. The van der Waals surface area contributed by atoms with Gasteiger partial charge in [0.2, 0.25) is 0 Å². The van der Waals surface area contributed by atoms with Gasteiger partial charge < -0.3 is 5.32 Å². The zero-order chi connectivity index (χ0) is 14.1. The van der Waals surface area contributed by atoms with E-state index in [1.54, 1.807) is 0 Å². The maximum atomic E-state index is 13.7. The van der Waals surface area contributed by atoms with E-state index < -0.39 is 5.82 Å². The van der Waals surface area contributed by atoms with Crippen molar-refractivity contribution in [3.05, 3.63) is 51.0 Å². The van der Waals surface area contributed by atoms with Crippen molar-refractivity contribution in [2.24, 2.45) is 0 Å². The number of anilines is 1. The number of carbonyl (C=O) groups excluding carboxylic acids is 1. The van der Waals surface area contributed by atoms with Gasteiger partial charge >= 0.3 is 0 Å². The standard InChI is InChI=1S/C15H11FN2OS/c16-11-6-9(8-17)4-5-12(11)18-15(19)14-7-10-2-1-3-13(10)20-14/h4-7H,1-3H2,(H,18,19). The number of benzene rings is 1. The second kappa shape index (κ2) is 5.06. The third-order valence-electron chi connectivity index (χ3n) is 3.32. The fourth-order valence-electron chi connectivity index (χ4n) is 2.31. The molecule has 5 heteroatoms. The van der Waals surface area contributed by atoms with E-state index in [0.29, 0.717) is 4.88 Å². The summed E-state index contributed by atoms with van der Waals surface area (Å²) in [7, 11) is 0. The third-order valence-corrected chi connectivity index (χ3v) is 4.55. The highest BCUT2D eigenvalue weighted by Gasteiger charge is 2.19. The molecule has 0 saturated carbocycles. The van der Waals surface area contributed by atoms with Crippen LogP contribution in [0.4, 0.5) is 10.1 Å². The van der Waals surface area contributed by atoms with Crippen molar-refractivity contribution in [1.29, 1.82) is 5.26 Å². The maximum absolute atomic E-state index is 13.7. The number of amides is 1. The summed E-state index contributed by atoms with van der Waals surface area (Å²) in [5.74, 6) is -0.894. The van der Waals surface area contributed by atoms with Crippen LogP contribution in [0, 0.1) is 17.1 Å². The average molecular weight is 286 g/mol. The van der Waals surface area contributed by atoms with Gasteiger partial charge in [-0.25, -0.2) is 4.39 Å². The molecule has 0 spiro atoms. The van der Waals surface area contributed by atoms with E-state index in [1.807, 2.05) is 12.1 Å². The second-order valence-corrected chi connectivity index (χ2v) is 5.81. The van der Waals surface area contributed by atoms with E-state index in [4.69, 9.17) is 5.26 Å². The molecule has 0 radical (unpaired) electrons. The molecule has 1 aliphatic rings. The summed E-state index contributed by atoms with van der Waals surface area (Å²) in [6.45, 7) is 0. The lowest BCUT2D eigenvalue weighted by molar-refractivity contribution is 0.103. The van der Waals surface area contributed by atoms with Crippen molar-refractivity contribution < 1.29 is 9.18 Å². The molecule has 0 atom stereocenters. The molecule has 0 fully saturated rings. The van der Waals surface area contributed by atoms with Crippen LogP contribution in [0.5, 0.6) is 0 Å². The van der Waals surface area contributed by atoms with Crippen molar-refractivity contribution in [3.63, 3.8) is 0 Å². The largest absolute Gasteiger partial charge is 0.319 e. The number of fused-ring (bicyclic) bond motifs is 1. The number of nitrogens with zero attached hydrogens (tertiary/aromatic N) is 1. The van der Waals surface area contributed by atoms with E-state index in [-0.39, 0.29) is 17.2 Å². The van der Waals surface area contributed by atoms with Gasteiger partial charge in [0.1, 0.15) is 5.82 Å². The molecule has 0 bridgehead atoms. The number of hydrogen-bond acceptors (Lipinski definition) is 3. The lowest BCUT2D eigenvalue weighted by atomic mass is 10.2. The Bertz CT molecular complexity index is 708. The smallest absolute Gasteiger partial charge is 0.265 e. The van der Waals surface area contributed by atoms with Gasteiger partial charge in [-0.2, -0.15) is 5.26 Å². The van der Waals surface area contributed by atoms with Crippen molar-refractivity contribution >= 4 is 22.9 Å². The molecule has 0 aliphatic heterocycles. The molecule has 0 saturated heterocycles. The lowest BCUT2D eigenvalue weighted by Crippen LogP contribution is -2.11. The number of thiophene rings is 1. The monoisotopic (exact) mass is 286 g/mol.